The van der Waals surface area contributed by atoms with Crippen LogP contribution in [0.25, 0.3) is 10.9 Å². The molecule has 1 aliphatic carbocycles. The smallest absolute Gasteiger partial charge is 0.341 e. The first kappa shape index (κ1) is 23.8. The van der Waals surface area contributed by atoms with E-state index < -0.39 is 23.2 Å². The fourth-order valence-electron chi connectivity index (χ4n) is 4.71. The van der Waals surface area contributed by atoms with Crippen LogP contribution in [0.5, 0.6) is 0 Å². The van der Waals surface area contributed by atoms with Gasteiger partial charge in [0, 0.05) is 62.6 Å². The van der Waals surface area contributed by atoms with Crippen molar-refractivity contribution in [3.05, 3.63) is 69.8 Å². The predicted molar refractivity (Wildman–Crippen MR) is 134 cm³/mol. The molecule has 3 aromatic rings. The van der Waals surface area contributed by atoms with Gasteiger partial charge in [-0.15, -0.1) is 0 Å². The van der Waals surface area contributed by atoms with Gasteiger partial charge in [0.25, 0.3) is 0 Å². The van der Waals surface area contributed by atoms with Gasteiger partial charge in [-0.1, -0.05) is 0 Å². The quantitative estimate of drug-likeness (QED) is 0.438. The number of fused-ring (bicyclic) bond motifs is 1. The number of anilines is 2. The third-order valence-corrected chi connectivity index (χ3v) is 6.87. The number of carboxylic acid groups (broad SMARTS) is 2. The topological polar surface area (TPSA) is 115 Å². The molecule has 0 unspecified atom stereocenters. The zero-order valence-electron chi connectivity index (χ0n) is 19.6. The van der Waals surface area contributed by atoms with Crippen molar-refractivity contribution in [3.8, 4) is 0 Å². The molecule has 188 valence electrons. The van der Waals surface area contributed by atoms with E-state index in [4.69, 9.17) is 5.11 Å². The Morgan fingerprint density at radius 2 is 1.69 bits per heavy atom. The van der Waals surface area contributed by atoms with Gasteiger partial charge in [0.05, 0.1) is 16.8 Å². The number of aromatic carboxylic acids is 2. The summed E-state index contributed by atoms with van der Waals surface area (Å²) in [5.41, 5.74) is 1.11. The zero-order valence-corrected chi connectivity index (χ0v) is 19.6. The highest BCUT2D eigenvalue weighted by Crippen LogP contribution is 2.38. The summed E-state index contributed by atoms with van der Waals surface area (Å²) in [5.74, 6) is -2.78. The number of halogens is 1. The number of hydrogen-bond acceptors (Lipinski definition) is 6. The monoisotopic (exact) mass is 494 g/mol. The largest absolute Gasteiger partial charge is 0.478 e. The van der Waals surface area contributed by atoms with Crippen LogP contribution in [0.4, 0.5) is 15.8 Å². The van der Waals surface area contributed by atoms with Crippen molar-refractivity contribution in [2.45, 2.75) is 18.9 Å². The molecule has 36 heavy (non-hydrogen) atoms. The van der Waals surface area contributed by atoms with Gasteiger partial charge in [-0.2, -0.15) is 0 Å². The van der Waals surface area contributed by atoms with Crippen LogP contribution >= 0.6 is 0 Å². The van der Waals surface area contributed by atoms with Crippen LogP contribution in [0.3, 0.4) is 0 Å². The first-order valence-corrected chi connectivity index (χ1v) is 12.0. The van der Waals surface area contributed by atoms with Crippen molar-refractivity contribution in [3.63, 3.8) is 0 Å². The van der Waals surface area contributed by atoms with Crippen LogP contribution in [0.2, 0.25) is 0 Å². The molecule has 3 N–H and O–H groups in total. The fourth-order valence-corrected chi connectivity index (χ4v) is 4.71. The molecule has 2 fully saturated rings. The van der Waals surface area contributed by atoms with Gasteiger partial charge in [0.2, 0.25) is 5.43 Å². The second-order valence-corrected chi connectivity index (χ2v) is 9.27. The molecular weight excluding hydrogens is 467 g/mol. The Hall–Kier alpha value is -3.92. The summed E-state index contributed by atoms with van der Waals surface area (Å²) in [7, 11) is 0. The molecule has 5 rings (SSSR count). The van der Waals surface area contributed by atoms with Crippen LogP contribution in [0, 0.1) is 5.82 Å². The average molecular weight is 495 g/mol. The van der Waals surface area contributed by atoms with E-state index in [0.29, 0.717) is 30.8 Å². The molecule has 2 aliphatic rings. The molecule has 0 amide bonds. The number of carboxylic acids is 2. The molecule has 2 aromatic carbocycles. The number of aromatic nitrogens is 1. The first-order valence-electron chi connectivity index (χ1n) is 12.0. The van der Waals surface area contributed by atoms with E-state index in [1.807, 2.05) is 9.47 Å². The third-order valence-electron chi connectivity index (χ3n) is 6.87. The van der Waals surface area contributed by atoms with Gasteiger partial charge in [0.15, 0.2) is 0 Å². The number of nitrogens with one attached hydrogen (secondary N) is 1. The van der Waals surface area contributed by atoms with Crippen LogP contribution in [-0.4, -0.2) is 70.9 Å². The highest BCUT2D eigenvalue weighted by atomic mass is 19.1. The van der Waals surface area contributed by atoms with Crippen LogP contribution in [0.1, 0.15) is 39.6 Å². The molecule has 0 spiro atoms. The normalized spacial score (nSPS) is 16.3. The van der Waals surface area contributed by atoms with E-state index in [2.05, 4.69) is 10.2 Å². The number of benzene rings is 2. The molecule has 0 radical (unpaired) electrons. The maximum Gasteiger partial charge on any atom is 0.341 e. The lowest BCUT2D eigenvalue weighted by Gasteiger charge is -2.36. The molecule has 1 saturated heterocycles. The molecule has 1 aliphatic heterocycles. The summed E-state index contributed by atoms with van der Waals surface area (Å²) in [5, 5.41) is 21.8. The molecule has 10 heteroatoms. The number of piperazine rings is 1. The van der Waals surface area contributed by atoms with Crippen LogP contribution < -0.4 is 15.6 Å². The van der Waals surface area contributed by atoms with E-state index in [0.717, 1.165) is 38.2 Å². The van der Waals surface area contributed by atoms with Gasteiger partial charge in [-0.25, -0.2) is 14.0 Å². The summed E-state index contributed by atoms with van der Waals surface area (Å²) in [6.45, 7) is 4.20. The molecule has 0 atom stereocenters. The minimum Gasteiger partial charge on any atom is -0.478 e. The fraction of sp³-hybridized carbons (Fsp3) is 0.346. The maximum atomic E-state index is 15.1. The van der Waals surface area contributed by atoms with Gasteiger partial charge in [-0.05, 0) is 49.2 Å². The van der Waals surface area contributed by atoms with Gasteiger partial charge >= 0.3 is 11.9 Å². The predicted octanol–water partition coefficient (Wildman–Crippen LogP) is 3.11. The number of carbonyl (C=O) groups is 2. The van der Waals surface area contributed by atoms with E-state index in [-0.39, 0.29) is 22.6 Å². The van der Waals surface area contributed by atoms with Crippen molar-refractivity contribution in [1.29, 1.82) is 0 Å². The lowest BCUT2D eigenvalue weighted by Crippen LogP contribution is -2.48. The van der Waals surface area contributed by atoms with E-state index in [1.165, 1.54) is 12.3 Å². The first-order chi connectivity index (χ1) is 17.3. The number of pyridine rings is 1. The lowest BCUT2D eigenvalue weighted by atomic mass is 10.1. The van der Waals surface area contributed by atoms with Crippen LogP contribution in [-0.2, 0) is 0 Å². The second kappa shape index (κ2) is 9.62. The summed E-state index contributed by atoms with van der Waals surface area (Å²) in [6, 6.07) is 9.61. The van der Waals surface area contributed by atoms with E-state index in [9.17, 15) is 19.5 Å². The maximum absolute atomic E-state index is 15.1. The van der Waals surface area contributed by atoms with E-state index in [1.54, 1.807) is 30.3 Å². The molecule has 9 nitrogen and oxygen atoms in total. The number of hydrogen-bond donors (Lipinski definition) is 3. The van der Waals surface area contributed by atoms with Gasteiger partial charge < -0.3 is 25.0 Å². The Balaban J connectivity index is 1.25. The summed E-state index contributed by atoms with van der Waals surface area (Å²) in [6.07, 6.45) is 3.20. The van der Waals surface area contributed by atoms with Crippen LogP contribution in [0.15, 0.2) is 47.4 Å². The summed E-state index contributed by atoms with van der Waals surface area (Å²) in [4.78, 5) is 39.4. The number of rotatable bonds is 8. The highest BCUT2D eigenvalue weighted by molar-refractivity contribution is 5.93. The average Bonchev–Trinajstić information content (AvgIpc) is 3.70. The Morgan fingerprint density at radius 1 is 1.00 bits per heavy atom. The van der Waals surface area contributed by atoms with Crippen molar-refractivity contribution in [1.82, 2.24) is 9.47 Å². The number of nitrogens with zero attached hydrogens (tertiary/aromatic N) is 3. The Kier molecular flexibility index (Phi) is 6.36. The van der Waals surface area contributed by atoms with Crippen molar-refractivity contribution in [2.24, 2.45) is 0 Å². The SMILES string of the molecule is O=C(O)c1ccc(NCCN2CCN(c3cc4c(cc3F)c(=O)c(C(=O)O)cn4C3CC3)CC2)cc1. The molecule has 1 saturated carbocycles. The Labute approximate surface area is 206 Å². The minimum absolute atomic E-state index is 0.101. The van der Waals surface area contributed by atoms with Crippen molar-refractivity contribution in [2.75, 3.05) is 49.5 Å². The molecule has 0 bridgehead atoms. The molecule has 1 aromatic heterocycles. The highest BCUT2D eigenvalue weighted by Gasteiger charge is 2.28. The Bertz CT molecular complexity index is 1380. The van der Waals surface area contributed by atoms with Gasteiger partial charge in [0.1, 0.15) is 11.4 Å². The lowest BCUT2D eigenvalue weighted by molar-refractivity contribution is 0.0685. The second-order valence-electron chi connectivity index (χ2n) is 9.27. The summed E-state index contributed by atoms with van der Waals surface area (Å²) >= 11 is 0. The zero-order chi connectivity index (χ0) is 25.4. The molecular formula is C26H27FN4O5. The van der Waals surface area contributed by atoms with Gasteiger partial charge in [-0.3, -0.25) is 9.69 Å². The Morgan fingerprint density at radius 3 is 2.31 bits per heavy atom. The van der Waals surface area contributed by atoms with Crippen molar-refractivity contribution < 1.29 is 24.2 Å². The summed E-state index contributed by atoms with van der Waals surface area (Å²) < 4.78 is 16.9. The van der Waals surface area contributed by atoms with Crippen molar-refractivity contribution >= 4 is 34.2 Å². The molecule has 2 heterocycles. The standard InChI is InChI=1S/C26H27FN4O5/c27-21-13-19-22(31(18-5-6-18)15-20(24(19)32)26(35)36)14-23(21)30-11-9-29(10-12-30)8-7-28-17-3-1-16(2-4-17)25(33)34/h1-4,13-15,18,28H,5-12H2,(H,33,34)(H,35,36). The minimum atomic E-state index is -1.30. The van der Waals surface area contributed by atoms with E-state index >= 15 is 4.39 Å². The third kappa shape index (κ3) is 4.76.